The van der Waals surface area contributed by atoms with Crippen molar-refractivity contribution in [1.82, 2.24) is 0 Å². The van der Waals surface area contributed by atoms with Crippen LogP contribution in [-0.2, 0) is 4.74 Å². The molecule has 2 aromatic rings. The molecule has 0 unspecified atom stereocenters. The number of hydrogen-bond acceptors (Lipinski definition) is 4. The predicted molar refractivity (Wildman–Crippen MR) is 85.3 cm³/mol. The summed E-state index contributed by atoms with van der Waals surface area (Å²) in [6.07, 6.45) is 3.74. The summed E-state index contributed by atoms with van der Waals surface area (Å²) in [4.78, 5) is 14.4. The standard InChI is InChI=1S/C16H16FNO2S/c1-18(2)15-9-7-12(21-15)6-4-11-5-8-13(14(17)10-11)16(19)20-3/h4-10H,1-3H3/b6-4+. The molecule has 0 spiro atoms. The lowest BCUT2D eigenvalue weighted by Crippen LogP contribution is -2.05. The van der Waals surface area contributed by atoms with E-state index in [-0.39, 0.29) is 5.56 Å². The van der Waals surface area contributed by atoms with Gasteiger partial charge in [-0.05, 0) is 35.9 Å². The van der Waals surface area contributed by atoms with Crippen LogP contribution in [0.3, 0.4) is 0 Å². The van der Waals surface area contributed by atoms with Crippen LogP contribution in [0.5, 0.6) is 0 Å². The second-order valence-electron chi connectivity index (χ2n) is 4.63. The third-order valence-corrected chi connectivity index (χ3v) is 4.11. The summed E-state index contributed by atoms with van der Waals surface area (Å²) in [5, 5.41) is 1.15. The summed E-state index contributed by atoms with van der Waals surface area (Å²) < 4.78 is 18.3. The van der Waals surface area contributed by atoms with Crippen LogP contribution in [0.1, 0.15) is 20.8 Å². The average molecular weight is 305 g/mol. The average Bonchev–Trinajstić information content (AvgIpc) is 2.93. The van der Waals surface area contributed by atoms with E-state index in [1.807, 2.05) is 43.3 Å². The Morgan fingerprint density at radius 1 is 1.24 bits per heavy atom. The number of carbonyl (C=O) groups is 1. The molecule has 0 amide bonds. The highest BCUT2D eigenvalue weighted by Crippen LogP contribution is 2.26. The lowest BCUT2D eigenvalue weighted by Gasteiger charge is -2.06. The first-order chi connectivity index (χ1) is 10.0. The SMILES string of the molecule is COC(=O)c1ccc(/C=C/c2ccc(N(C)C)s2)cc1F. The number of thiophene rings is 1. The summed E-state index contributed by atoms with van der Waals surface area (Å²) >= 11 is 1.65. The van der Waals surface area contributed by atoms with Crippen LogP contribution in [0.2, 0.25) is 0 Å². The molecule has 0 fully saturated rings. The highest BCUT2D eigenvalue weighted by atomic mass is 32.1. The number of nitrogens with zero attached hydrogens (tertiary/aromatic N) is 1. The summed E-state index contributed by atoms with van der Waals surface area (Å²) in [6.45, 7) is 0. The number of halogens is 1. The van der Waals surface area contributed by atoms with Crippen LogP contribution in [0.25, 0.3) is 12.2 Å². The molecule has 0 radical (unpaired) electrons. The van der Waals surface area contributed by atoms with Crippen molar-refractivity contribution in [2.24, 2.45) is 0 Å². The van der Waals surface area contributed by atoms with E-state index < -0.39 is 11.8 Å². The molecular formula is C16H16FNO2S. The molecular weight excluding hydrogens is 289 g/mol. The summed E-state index contributed by atoms with van der Waals surface area (Å²) in [7, 11) is 5.20. The minimum atomic E-state index is -0.670. The molecule has 0 aliphatic rings. The van der Waals surface area contributed by atoms with E-state index in [4.69, 9.17) is 0 Å². The summed E-state index contributed by atoms with van der Waals surface area (Å²) in [5.74, 6) is -1.25. The second-order valence-corrected chi connectivity index (χ2v) is 5.73. The minimum Gasteiger partial charge on any atom is -0.465 e. The van der Waals surface area contributed by atoms with Crippen LogP contribution in [0, 0.1) is 5.82 Å². The van der Waals surface area contributed by atoms with Gasteiger partial charge in [-0.3, -0.25) is 0 Å². The van der Waals surface area contributed by atoms with E-state index in [0.717, 1.165) is 9.88 Å². The Labute approximate surface area is 127 Å². The molecule has 5 heteroatoms. The van der Waals surface area contributed by atoms with E-state index in [0.29, 0.717) is 5.56 Å². The van der Waals surface area contributed by atoms with E-state index in [2.05, 4.69) is 4.74 Å². The van der Waals surface area contributed by atoms with Crippen LogP contribution < -0.4 is 4.90 Å². The van der Waals surface area contributed by atoms with Crippen molar-refractivity contribution in [3.05, 3.63) is 52.2 Å². The van der Waals surface area contributed by atoms with E-state index >= 15 is 0 Å². The van der Waals surface area contributed by atoms with Crippen LogP contribution in [0.4, 0.5) is 9.39 Å². The van der Waals surface area contributed by atoms with Crippen molar-refractivity contribution in [3.63, 3.8) is 0 Å². The maximum absolute atomic E-state index is 13.8. The highest BCUT2D eigenvalue weighted by molar-refractivity contribution is 7.16. The number of rotatable bonds is 4. The molecule has 0 aliphatic heterocycles. The fourth-order valence-corrected chi connectivity index (χ4v) is 2.59. The molecule has 0 atom stereocenters. The Balaban J connectivity index is 2.17. The van der Waals surface area contributed by atoms with E-state index in [9.17, 15) is 9.18 Å². The monoisotopic (exact) mass is 305 g/mol. The summed E-state index contributed by atoms with van der Waals surface area (Å²) in [6, 6.07) is 8.48. The predicted octanol–water partition coefficient (Wildman–Crippen LogP) is 3.91. The molecule has 3 nitrogen and oxygen atoms in total. The smallest absolute Gasteiger partial charge is 0.340 e. The largest absolute Gasteiger partial charge is 0.465 e. The molecule has 1 heterocycles. The zero-order valence-corrected chi connectivity index (χ0v) is 12.9. The number of methoxy groups -OCH3 is 1. The third kappa shape index (κ3) is 3.70. The van der Waals surface area contributed by atoms with Gasteiger partial charge in [0.25, 0.3) is 0 Å². The fraction of sp³-hybridized carbons (Fsp3) is 0.188. The van der Waals surface area contributed by atoms with Gasteiger partial charge in [-0.15, -0.1) is 11.3 Å². The lowest BCUT2D eigenvalue weighted by atomic mass is 10.1. The van der Waals surface area contributed by atoms with E-state index in [1.54, 1.807) is 17.4 Å². The fourth-order valence-electron chi connectivity index (χ4n) is 1.76. The van der Waals surface area contributed by atoms with Crippen LogP contribution >= 0.6 is 11.3 Å². The van der Waals surface area contributed by atoms with Gasteiger partial charge >= 0.3 is 5.97 Å². The van der Waals surface area contributed by atoms with Crippen molar-refractivity contribution in [2.75, 3.05) is 26.1 Å². The van der Waals surface area contributed by atoms with Crippen molar-refractivity contribution in [2.45, 2.75) is 0 Å². The maximum Gasteiger partial charge on any atom is 0.340 e. The lowest BCUT2D eigenvalue weighted by molar-refractivity contribution is 0.0595. The first kappa shape index (κ1) is 15.3. The normalized spacial score (nSPS) is 10.9. The summed E-state index contributed by atoms with van der Waals surface area (Å²) in [5.41, 5.74) is 0.639. The Bertz CT molecular complexity index is 677. The van der Waals surface area contributed by atoms with Gasteiger partial charge in [0, 0.05) is 19.0 Å². The van der Waals surface area contributed by atoms with Gasteiger partial charge < -0.3 is 9.64 Å². The first-order valence-electron chi connectivity index (χ1n) is 6.34. The van der Waals surface area contributed by atoms with Gasteiger partial charge in [-0.2, -0.15) is 0 Å². The molecule has 0 saturated heterocycles. The quantitative estimate of drug-likeness (QED) is 0.802. The third-order valence-electron chi connectivity index (χ3n) is 2.89. The van der Waals surface area contributed by atoms with Gasteiger partial charge in [0.05, 0.1) is 17.7 Å². The number of ether oxygens (including phenoxy) is 1. The molecule has 1 aromatic carbocycles. The molecule has 21 heavy (non-hydrogen) atoms. The first-order valence-corrected chi connectivity index (χ1v) is 7.16. The number of esters is 1. The highest BCUT2D eigenvalue weighted by Gasteiger charge is 2.11. The maximum atomic E-state index is 13.8. The number of benzene rings is 1. The van der Waals surface area contributed by atoms with E-state index in [1.165, 1.54) is 19.2 Å². The van der Waals surface area contributed by atoms with Gasteiger partial charge in [0.15, 0.2) is 0 Å². The second kappa shape index (κ2) is 6.54. The topological polar surface area (TPSA) is 29.5 Å². The zero-order valence-electron chi connectivity index (χ0n) is 12.1. The molecule has 0 bridgehead atoms. The molecule has 1 aromatic heterocycles. The molecule has 0 saturated carbocycles. The number of anilines is 1. The van der Waals surface area contributed by atoms with Gasteiger partial charge in [0.2, 0.25) is 0 Å². The van der Waals surface area contributed by atoms with Crippen molar-refractivity contribution in [3.8, 4) is 0 Å². The molecule has 110 valence electrons. The van der Waals surface area contributed by atoms with Crippen molar-refractivity contribution < 1.29 is 13.9 Å². The Morgan fingerprint density at radius 3 is 2.57 bits per heavy atom. The van der Waals surface area contributed by atoms with Crippen molar-refractivity contribution in [1.29, 1.82) is 0 Å². The van der Waals surface area contributed by atoms with Crippen LogP contribution in [-0.4, -0.2) is 27.2 Å². The molecule has 0 aliphatic carbocycles. The van der Waals surface area contributed by atoms with Gasteiger partial charge in [-0.1, -0.05) is 12.1 Å². The zero-order chi connectivity index (χ0) is 15.4. The molecule has 0 N–H and O–H groups in total. The number of hydrogen-bond donors (Lipinski definition) is 0. The van der Waals surface area contributed by atoms with Gasteiger partial charge in [0.1, 0.15) is 5.82 Å². The molecule has 2 rings (SSSR count). The number of carbonyl (C=O) groups excluding carboxylic acids is 1. The van der Waals surface area contributed by atoms with Crippen LogP contribution in [0.15, 0.2) is 30.3 Å². The Hall–Kier alpha value is -2.14. The van der Waals surface area contributed by atoms with Crippen molar-refractivity contribution >= 4 is 34.5 Å². The minimum absolute atomic E-state index is 0.0549. The Kier molecular flexibility index (Phi) is 4.75. The van der Waals surface area contributed by atoms with Gasteiger partial charge in [-0.25, -0.2) is 9.18 Å². The Morgan fingerprint density at radius 2 is 2.00 bits per heavy atom.